The Kier molecular flexibility index (Phi) is 45.1. The van der Waals surface area contributed by atoms with Gasteiger partial charge in [-0.1, -0.05) is 184 Å². The molecule has 6 unspecified atom stereocenters. The average Bonchev–Trinajstić information content (AvgIpc) is 3.37. The van der Waals surface area contributed by atoms with E-state index < -0.39 is 67.3 Å². The van der Waals surface area contributed by atoms with E-state index in [2.05, 4.69) is 93.7 Å². The zero-order chi connectivity index (χ0) is 53.3. The van der Waals surface area contributed by atoms with Crippen LogP contribution in [0.15, 0.2) is 72.9 Å². The van der Waals surface area contributed by atoms with Crippen LogP contribution in [0.2, 0.25) is 0 Å². The number of carboxylic acids is 1. The lowest BCUT2D eigenvalue weighted by atomic mass is 9.98. The first-order valence-corrected chi connectivity index (χ1v) is 28.9. The topological polar surface area (TPSA) is 175 Å². The van der Waals surface area contributed by atoms with Gasteiger partial charge in [-0.15, -0.1) is 0 Å². The zero-order valence-electron chi connectivity index (χ0n) is 45.9. The molecule has 6 atom stereocenters. The highest BCUT2D eigenvalue weighted by Gasteiger charge is 2.50. The van der Waals surface area contributed by atoms with Gasteiger partial charge in [-0.2, -0.15) is 0 Å². The number of unbranched alkanes of at least 4 members (excludes halogenated alkanes) is 22. The van der Waals surface area contributed by atoms with Gasteiger partial charge in [0, 0.05) is 19.3 Å². The number of hydrogen-bond acceptors (Lipinski definition) is 11. The monoisotopic (exact) mass is 1030 g/mol. The van der Waals surface area contributed by atoms with Gasteiger partial charge in [0.1, 0.15) is 18.8 Å². The maximum atomic E-state index is 13.1. The molecule has 3 N–H and O–H groups in total. The fourth-order valence-corrected chi connectivity index (χ4v) is 8.29. The van der Waals surface area contributed by atoms with Gasteiger partial charge in [-0.25, -0.2) is 4.79 Å². The van der Waals surface area contributed by atoms with Crippen LogP contribution in [0, 0.1) is 0 Å². The van der Waals surface area contributed by atoms with E-state index in [1.807, 2.05) is 0 Å². The third kappa shape index (κ3) is 39.3. The summed E-state index contributed by atoms with van der Waals surface area (Å²) in [5.41, 5.74) is 0. The SMILES string of the molecule is CC/C=C\C/C=C\C/C=C\CCCCCC(=O)OC(COC(=O)CCCCCCC/C=C\C/C=C\CCCCC)COC1OC(C(=O)O)C(O)C(O)C1OC(=O)CCCCCCC/C=C\CCCCCCCC. The lowest BCUT2D eigenvalue weighted by Crippen LogP contribution is -2.61. The number of ether oxygens (including phenoxy) is 5. The quantitative estimate of drug-likeness (QED) is 0.0228. The van der Waals surface area contributed by atoms with Crippen molar-refractivity contribution in [3.8, 4) is 0 Å². The number of allylic oxidation sites excluding steroid dienone is 12. The summed E-state index contributed by atoms with van der Waals surface area (Å²) in [5, 5.41) is 31.4. The van der Waals surface area contributed by atoms with E-state index in [0.29, 0.717) is 19.3 Å². The molecule has 1 aliphatic rings. The Morgan fingerprint density at radius 3 is 1.37 bits per heavy atom. The van der Waals surface area contributed by atoms with Crippen molar-refractivity contribution in [2.24, 2.45) is 0 Å². The van der Waals surface area contributed by atoms with Crippen LogP contribution in [-0.4, -0.2) is 89.2 Å². The van der Waals surface area contributed by atoms with E-state index >= 15 is 0 Å². The third-order valence-corrected chi connectivity index (χ3v) is 12.7. The molecule has 0 bridgehead atoms. The maximum absolute atomic E-state index is 13.1. The van der Waals surface area contributed by atoms with Gasteiger partial charge in [-0.05, 0) is 109 Å². The molecule has 0 spiro atoms. The number of carboxylic acid groups (broad SMARTS) is 1. The average molecular weight is 1030 g/mol. The normalized spacial score (nSPS) is 18.8. The van der Waals surface area contributed by atoms with Crippen molar-refractivity contribution < 1.29 is 58.2 Å². The molecule has 1 fully saturated rings. The Morgan fingerprint density at radius 1 is 0.466 bits per heavy atom. The number of aliphatic hydroxyl groups is 2. The van der Waals surface area contributed by atoms with E-state index in [1.165, 1.54) is 57.8 Å². The molecule has 0 aliphatic carbocycles. The van der Waals surface area contributed by atoms with E-state index in [4.69, 9.17) is 23.7 Å². The number of esters is 3. The standard InChI is InChI=1S/C61H102O12/c1-4-7-10-13-16-19-22-25-27-30-32-35-38-41-44-47-53(62)69-50-52(71-54(63)48-45-42-39-36-33-29-24-21-18-15-12-9-6-3)51-70-61-59(57(66)56(65)58(73-61)60(67)68)72-55(64)49-46-43-40-37-34-31-28-26-23-20-17-14-11-8-5-2/h9,12,16,18-19,21,25-29,33,52,56-59,61,65-66H,4-8,10-11,13-15,17,20,22-24,30-32,34-51H2,1-3H3,(H,67,68)/b12-9-,19-16-,21-18-,27-25-,28-26-,33-29-. The molecular weight excluding hydrogens is 925 g/mol. The predicted octanol–water partition coefficient (Wildman–Crippen LogP) is 14.6. The molecule has 1 aliphatic heterocycles. The van der Waals surface area contributed by atoms with Gasteiger partial charge >= 0.3 is 23.9 Å². The molecule has 0 saturated carbocycles. The zero-order valence-corrected chi connectivity index (χ0v) is 45.9. The molecular formula is C61H102O12. The highest BCUT2D eigenvalue weighted by molar-refractivity contribution is 5.74. The van der Waals surface area contributed by atoms with Crippen molar-refractivity contribution in [3.05, 3.63) is 72.9 Å². The fourth-order valence-electron chi connectivity index (χ4n) is 8.29. The minimum absolute atomic E-state index is 0.0439. The lowest BCUT2D eigenvalue weighted by Gasteiger charge is -2.40. The van der Waals surface area contributed by atoms with E-state index in [9.17, 15) is 34.5 Å². The Balaban J connectivity index is 2.73. The summed E-state index contributed by atoms with van der Waals surface area (Å²) in [7, 11) is 0. The largest absolute Gasteiger partial charge is 0.479 e. The number of hydrogen-bond donors (Lipinski definition) is 3. The molecule has 0 aromatic carbocycles. The number of aliphatic hydroxyl groups excluding tert-OH is 2. The van der Waals surface area contributed by atoms with Crippen LogP contribution < -0.4 is 0 Å². The molecule has 1 heterocycles. The van der Waals surface area contributed by atoms with Crippen LogP contribution in [-0.2, 0) is 42.9 Å². The van der Waals surface area contributed by atoms with Crippen LogP contribution in [0.4, 0.5) is 0 Å². The number of carbonyl (C=O) groups is 4. The molecule has 1 rings (SSSR count). The molecule has 0 aromatic heterocycles. The van der Waals surface area contributed by atoms with Gasteiger partial charge in [0.2, 0.25) is 0 Å². The number of aliphatic carboxylic acids is 1. The second kappa shape index (κ2) is 49.1. The second-order valence-corrected chi connectivity index (χ2v) is 19.5. The number of carbonyl (C=O) groups excluding carboxylic acids is 3. The van der Waals surface area contributed by atoms with Gasteiger partial charge in [0.15, 0.2) is 24.6 Å². The van der Waals surface area contributed by atoms with Crippen LogP contribution in [0.3, 0.4) is 0 Å². The molecule has 0 aromatic rings. The summed E-state index contributed by atoms with van der Waals surface area (Å²) in [6, 6.07) is 0. The maximum Gasteiger partial charge on any atom is 0.335 e. The number of rotatable bonds is 48. The Hall–Kier alpha value is -3.84. The molecule has 73 heavy (non-hydrogen) atoms. The summed E-state index contributed by atoms with van der Waals surface area (Å²) < 4.78 is 28.3. The van der Waals surface area contributed by atoms with Crippen molar-refractivity contribution in [2.45, 2.75) is 276 Å². The smallest absolute Gasteiger partial charge is 0.335 e. The van der Waals surface area contributed by atoms with E-state index in [-0.39, 0.29) is 25.9 Å². The van der Waals surface area contributed by atoms with Gasteiger partial charge in [0.25, 0.3) is 0 Å². The summed E-state index contributed by atoms with van der Waals surface area (Å²) in [6.07, 6.45) is 48.7. The van der Waals surface area contributed by atoms with Crippen LogP contribution in [0.1, 0.15) is 239 Å². The van der Waals surface area contributed by atoms with Crippen LogP contribution in [0.25, 0.3) is 0 Å². The van der Waals surface area contributed by atoms with E-state index in [0.717, 1.165) is 122 Å². The molecule has 0 amide bonds. The Morgan fingerprint density at radius 2 is 0.863 bits per heavy atom. The lowest BCUT2D eigenvalue weighted by molar-refractivity contribution is -0.301. The first-order valence-electron chi connectivity index (χ1n) is 28.9. The minimum Gasteiger partial charge on any atom is -0.479 e. The summed E-state index contributed by atoms with van der Waals surface area (Å²) in [4.78, 5) is 51.0. The van der Waals surface area contributed by atoms with Gasteiger partial charge < -0.3 is 39.0 Å². The predicted molar refractivity (Wildman–Crippen MR) is 294 cm³/mol. The van der Waals surface area contributed by atoms with Crippen LogP contribution >= 0.6 is 0 Å². The van der Waals surface area contributed by atoms with Crippen molar-refractivity contribution in [2.75, 3.05) is 13.2 Å². The van der Waals surface area contributed by atoms with Crippen molar-refractivity contribution in [1.82, 2.24) is 0 Å². The first-order chi connectivity index (χ1) is 35.6. The second-order valence-electron chi connectivity index (χ2n) is 19.5. The van der Waals surface area contributed by atoms with Crippen molar-refractivity contribution in [1.29, 1.82) is 0 Å². The minimum atomic E-state index is -1.91. The fraction of sp³-hybridized carbons (Fsp3) is 0.738. The Labute approximate surface area is 442 Å². The third-order valence-electron chi connectivity index (χ3n) is 12.7. The van der Waals surface area contributed by atoms with Gasteiger partial charge in [-0.3, -0.25) is 14.4 Å². The molecule has 0 radical (unpaired) electrons. The highest BCUT2D eigenvalue weighted by Crippen LogP contribution is 2.26. The van der Waals surface area contributed by atoms with Crippen molar-refractivity contribution in [3.63, 3.8) is 0 Å². The van der Waals surface area contributed by atoms with Crippen LogP contribution in [0.5, 0.6) is 0 Å². The van der Waals surface area contributed by atoms with Gasteiger partial charge in [0.05, 0.1) is 6.61 Å². The molecule has 418 valence electrons. The molecule has 12 heteroatoms. The highest BCUT2D eigenvalue weighted by atomic mass is 16.7. The van der Waals surface area contributed by atoms with Crippen molar-refractivity contribution >= 4 is 23.9 Å². The summed E-state index contributed by atoms with van der Waals surface area (Å²) in [6.45, 7) is 5.80. The molecule has 1 saturated heterocycles. The Bertz CT molecular complexity index is 1550. The summed E-state index contributed by atoms with van der Waals surface area (Å²) in [5.74, 6) is -3.19. The first kappa shape index (κ1) is 67.2. The summed E-state index contributed by atoms with van der Waals surface area (Å²) >= 11 is 0. The van der Waals surface area contributed by atoms with E-state index in [1.54, 1.807) is 0 Å². The molecule has 12 nitrogen and oxygen atoms in total.